The van der Waals surface area contributed by atoms with Crippen LogP contribution in [0.3, 0.4) is 0 Å². The number of aromatic nitrogens is 2. The van der Waals surface area contributed by atoms with Crippen molar-refractivity contribution in [3.63, 3.8) is 0 Å². The van der Waals surface area contributed by atoms with E-state index in [0.717, 1.165) is 36.2 Å². The van der Waals surface area contributed by atoms with E-state index in [1.54, 1.807) is 12.5 Å². The summed E-state index contributed by atoms with van der Waals surface area (Å²) in [4.78, 5) is 23.8. The van der Waals surface area contributed by atoms with Crippen LogP contribution >= 0.6 is 11.3 Å². The summed E-state index contributed by atoms with van der Waals surface area (Å²) in [6.07, 6.45) is 2.06. The van der Waals surface area contributed by atoms with E-state index < -0.39 is 0 Å². The van der Waals surface area contributed by atoms with Crippen molar-refractivity contribution in [2.45, 2.75) is 32.0 Å². The van der Waals surface area contributed by atoms with Gasteiger partial charge in [-0.05, 0) is 42.6 Å². The van der Waals surface area contributed by atoms with E-state index in [0.29, 0.717) is 36.3 Å². The molecule has 1 aliphatic rings. The van der Waals surface area contributed by atoms with E-state index >= 15 is 0 Å². The fourth-order valence-corrected chi connectivity index (χ4v) is 4.58. The van der Waals surface area contributed by atoms with E-state index in [9.17, 15) is 4.79 Å². The average molecular weight is 463 g/mol. The number of pyridine rings is 1. The molecule has 170 valence electrons. The first kappa shape index (κ1) is 22.9. The standard InChI is InChI=1S/C24H26N6O2S/c1-32-15-18-9-7-17(8-10-18)14-26-23(31)20-16-33-24(28-20)29-22-6-2-4-19(27-22)21-5-3-12-30(21)13-11-25/h2,4,6-10,16,21H,3,5,12-15H2,1H3,(H,26,31)(H,27,28,29)/t21-/m1/s1. The Morgan fingerprint density at radius 2 is 2.06 bits per heavy atom. The van der Waals surface area contributed by atoms with Crippen molar-refractivity contribution in [1.29, 1.82) is 5.26 Å². The van der Waals surface area contributed by atoms with Gasteiger partial charge in [-0.1, -0.05) is 30.3 Å². The quantitative estimate of drug-likeness (QED) is 0.463. The summed E-state index contributed by atoms with van der Waals surface area (Å²) in [5.74, 6) is 0.453. The summed E-state index contributed by atoms with van der Waals surface area (Å²) in [6, 6.07) is 16.1. The van der Waals surface area contributed by atoms with E-state index in [-0.39, 0.29) is 11.9 Å². The van der Waals surface area contributed by atoms with Gasteiger partial charge in [0.05, 0.1) is 31.0 Å². The van der Waals surface area contributed by atoms with Crippen LogP contribution in [0.2, 0.25) is 0 Å². The van der Waals surface area contributed by atoms with Gasteiger partial charge in [0, 0.05) is 19.0 Å². The number of amides is 1. The van der Waals surface area contributed by atoms with Crippen molar-refractivity contribution in [1.82, 2.24) is 20.2 Å². The number of ether oxygens (including phenoxy) is 1. The van der Waals surface area contributed by atoms with Crippen LogP contribution in [0, 0.1) is 11.3 Å². The monoisotopic (exact) mass is 462 g/mol. The predicted molar refractivity (Wildman–Crippen MR) is 127 cm³/mol. The first-order chi connectivity index (χ1) is 16.2. The molecule has 0 unspecified atom stereocenters. The van der Waals surface area contributed by atoms with Crippen molar-refractivity contribution in [3.8, 4) is 6.07 Å². The Kier molecular flexibility index (Phi) is 7.62. The zero-order valence-electron chi connectivity index (χ0n) is 18.5. The molecule has 0 spiro atoms. The van der Waals surface area contributed by atoms with E-state index in [1.165, 1.54) is 11.3 Å². The van der Waals surface area contributed by atoms with Crippen LogP contribution in [0.15, 0.2) is 47.8 Å². The lowest BCUT2D eigenvalue weighted by Gasteiger charge is -2.21. The largest absolute Gasteiger partial charge is 0.380 e. The summed E-state index contributed by atoms with van der Waals surface area (Å²) in [5, 5.41) is 17.5. The van der Waals surface area contributed by atoms with E-state index in [2.05, 4.69) is 26.6 Å². The molecule has 3 aromatic rings. The number of nitrogens with one attached hydrogen (secondary N) is 2. The Balaban J connectivity index is 1.35. The van der Waals surface area contributed by atoms with Crippen molar-refractivity contribution in [3.05, 3.63) is 70.4 Å². The van der Waals surface area contributed by atoms with Crippen molar-refractivity contribution in [2.75, 3.05) is 25.5 Å². The molecule has 1 aliphatic heterocycles. The van der Waals surface area contributed by atoms with Crippen molar-refractivity contribution in [2.24, 2.45) is 0 Å². The number of nitriles is 1. The lowest BCUT2D eigenvalue weighted by molar-refractivity contribution is 0.0946. The normalized spacial score (nSPS) is 15.8. The molecule has 2 aromatic heterocycles. The number of carbonyl (C=O) groups is 1. The van der Waals surface area contributed by atoms with Gasteiger partial charge < -0.3 is 15.4 Å². The number of likely N-dealkylation sites (tertiary alicyclic amines) is 1. The number of nitrogens with zero attached hydrogens (tertiary/aromatic N) is 4. The number of benzene rings is 1. The number of thiazole rings is 1. The minimum Gasteiger partial charge on any atom is -0.380 e. The molecule has 1 fully saturated rings. The lowest BCUT2D eigenvalue weighted by atomic mass is 10.1. The molecule has 0 aliphatic carbocycles. The van der Waals surface area contributed by atoms with Crippen LogP contribution in [0.25, 0.3) is 0 Å². The molecule has 8 nitrogen and oxygen atoms in total. The van der Waals surface area contributed by atoms with Crippen LogP contribution in [0.4, 0.5) is 10.9 Å². The third-order valence-corrected chi connectivity index (χ3v) is 6.27. The second-order valence-corrected chi connectivity index (χ2v) is 8.69. The Bertz CT molecular complexity index is 1120. The molecule has 1 aromatic carbocycles. The second-order valence-electron chi connectivity index (χ2n) is 7.83. The minimum atomic E-state index is -0.222. The highest BCUT2D eigenvalue weighted by Crippen LogP contribution is 2.31. The molecule has 9 heteroatoms. The fraction of sp³-hybridized carbons (Fsp3) is 0.333. The van der Waals surface area contributed by atoms with Gasteiger partial charge in [-0.3, -0.25) is 9.69 Å². The maximum absolute atomic E-state index is 12.5. The number of carbonyl (C=O) groups excluding carboxylic acids is 1. The predicted octanol–water partition coefficient (Wildman–Crippen LogP) is 4.02. The highest BCUT2D eigenvalue weighted by molar-refractivity contribution is 7.14. The summed E-state index contributed by atoms with van der Waals surface area (Å²) >= 11 is 1.36. The Hall–Kier alpha value is -3.32. The van der Waals surface area contributed by atoms with E-state index in [4.69, 9.17) is 15.0 Å². The molecular weight excluding hydrogens is 436 g/mol. The van der Waals surface area contributed by atoms with Crippen LogP contribution in [0.5, 0.6) is 0 Å². The average Bonchev–Trinajstić information content (AvgIpc) is 3.49. The van der Waals surface area contributed by atoms with Gasteiger partial charge in [0.2, 0.25) is 0 Å². The lowest BCUT2D eigenvalue weighted by Crippen LogP contribution is -2.24. The highest BCUT2D eigenvalue weighted by atomic mass is 32.1. The first-order valence-corrected chi connectivity index (χ1v) is 11.7. The molecule has 0 radical (unpaired) electrons. The molecular formula is C24H26N6O2S. The SMILES string of the molecule is COCc1ccc(CNC(=O)c2csc(Nc3cccc([C@H]4CCCN4CC#N)n3)n2)cc1. The molecule has 4 rings (SSSR count). The summed E-state index contributed by atoms with van der Waals surface area (Å²) in [5.41, 5.74) is 3.41. The highest BCUT2D eigenvalue weighted by Gasteiger charge is 2.26. The maximum Gasteiger partial charge on any atom is 0.271 e. The number of hydrogen-bond acceptors (Lipinski definition) is 8. The molecule has 33 heavy (non-hydrogen) atoms. The van der Waals surface area contributed by atoms with Gasteiger partial charge in [0.25, 0.3) is 5.91 Å². The molecule has 2 N–H and O–H groups in total. The van der Waals surface area contributed by atoms with Gasteiger partial charge >= 0.3 is 0 Å². The molecule has 1 amide bonds. The van der Waals surface area contributed by atoms with Crippen molar-refractivity contribution < 1.29 is 9.53 Å². The fourth-order valence-electron chi connectivity index (χ4n) is 3.89. The third-order valence-electron chi connectivity index (χ3n) is 5.51. The summed E-state index contributed by atoms with van der Waals surface area (Å²) in [6.45, 7) is 2.32. The van der Waals surface area contributed by atoms with Crippen LogP contribution < -0.4 is 10.6 Å². The number of rotatable bonds is 9. The second kappa shape index (κ2) is 11.0. The minimum absolute atomic E-state index is 0.160. The summed E-state index contributed by atoms with van der Waals surface area (Å²) in [7, 11) is 1.66. The number of methoxy groups -OCH3 is 1. The Morgan fingerprint density at radius 3 is 2.85 bits per heavy atom. The number of hydrogen-bond donors (Lipinski definition) is 2. The zero-order chi connectivity index (χ0) is 23.0. The van der Waals surface area contributed by atoms with Gasteiger partial charge in [-0.25, -0.2) is 9.97 Å². The number of anilines is 2. The smallest absolute Gasteiger partial charge is 0.271 e. The van der Waals surface area contributed by atoms with Crippen LogP contribution in [0.1, 0.15) is 46.2 Å². The van der Waals surface area contributed by atoms with Gasteiger partial charge in [-0.2, -0.15) is 5.26 Å². The van der Waals surface area contributed by atoms with Crippen molar-refractivity contribution >= 4 is 28.2 Å². The molecule has 1 saturated heterocycles. The Labute approximate surface area is 197 Å². The topological polar surface area (TPSA) is 103 Å². The Morgan fingerprint density at radius 1 is 1.24 bits per heavy atom. The van der Waals surface area contributed by atoms with Gasteiger partial charge in [-0.15, -0.1) is 11.3 Å². The molecule has 3 heterocycles. The maximum atomic E-state index is 12.5. The van der Waals surface area contributed by atoms with Gasteiger partial charge in [0.15, 0.2) is 5.13 Å². The van der Waals surface area contributed by atoms with E-state index in [1.807, 2.05) is 42.5 Å². The summed E-state index contributed by atoms with van der Waals surface area (Å²) < 4.78 is 5.11. The zero-order valence-corrected chi connectivity index (χ0v) is 19.3. The molecule has 0 bridgehead atoms. The third kappa shape index (κ3) is 5.93. The van der Waals surface area contributed by atoms with Gasteiger partial charge in [0.1, 0.15) is 11.5 Å². The molecule has 0 saturated carbocycles. The van der Waals surface area contributed by atoms with Crippen LogP contribution in [-0.4, -0.2) is 41.0 Å². The first-order valence-electron chi connectivity index (χ1n) is 10.8. The van der Waals surface area contributed by atoms with Crippen LogP contribution in [-0.2, 0) is 17.9 Å². The molecule has 1 atom stereocenters.